The Balaban J connectivity index is 0.000000143. The molecule has 0 spiro atoms. The molecule has 3 aliphatic carbocycles. The molecule has 5 aliphatic rings. The van der Waals surface area contributed by atoms with Gasteiger partial charge >= 0.3 is 5.97 Å². The summed E-state index contributed by atoms with van der Waals surface area (Å²) in [4.78, 5) is 38.9. The van der Waals surface area contributed by atoms with Gasteiger partial charge < -0.3 is 69.9 Å². The van der Waals surface area contributed by atoms with E-state index in [2.05, 4.69) is 82.6 Å². The maximum atomic E-state index is 12.2. The van der Waals surface area contributed by atoms with Crippen LogP contribution in [0.15, 0.2) is 137 Å². The van der Waals surface area contributed by atoms with E-state index in [-0.39, 0.29) is 97.5 Å². The largest absolute Gasteiger partial charge is 0.508 e. The van der Waals surface area contributed by atoms with Gasteiger partial charge in [-0.3, -0.25) is 9.59 Å². The molecule has 104 heavy (non-hydrogen) atoms. The van der Waals surface area contributed by atoms with E-state index in [1.54, 1.807) is 64.4 Å². The van der Waals surface area contributed by atoms with Gasteiger partial charge in [0, 0.05) is 80.7 Å². The van der Waals surface area contributed by atoms with Gasteiger partial charge in [0.25, 0.3) is 0 Å². The molecule has 17 nitrogen and oxygen atoms in total. The number of ketones is 1. The fourth-order valence-electron chi connectivity index (χ4n) is 17.5. The van der Waals surface area contributed by atoms with Crippen molar-refractivity contribution in [1.82, 2.24) is 4.98 Å². The van der Waals surface area contributed by atoms with E-state index in [9.17, 15) is 60.3 Å². The first-order valence-corrected chi connectivity index (χ1v) is 36.0. The molecule has 0 radical (unpaired) electrons. The Kier molecular flexibility index (Phi) is 22.5. The van der Waals surface area contributed by atoms with E-state index in [4.69, 9.17) is 19.0 Å². The van der Waals surface area contributed by atoms with Gasteiger partial charge in [0.15, 0.2) is 11.2 Å². The van der Waals surface area contributed by atoms with Gasteiger partial charge in [-0.1, -0.05) is 87.6 Å². The van der Waals surface area contributed by atoms with Crippen molar-refractivity contribution in [2.24, 2.45) is 22.7 Å². The third kappa shape index (κ3) is 15.5. The Morgan fingerprint density at radius 2 is 1.37 bits per heavy atom. The number of aromatic carboxylic acids is 1. The second-order valence-electron chi connectivity index (χ2n) is 30.5. The van der Waals surface area contributed by atoms with Crippen molar-refractivity contribution in [3.63, 3.8) is 0 Å². The fraction of sp³-hybridized carbons (Fsp3) is 0.391. The summed E-state index contributed by atoms with van der Waals surface area (Å²) in [6.07, 6.45) is 20.7. The fourth-order valence-corrected chi connectivity index (χ4v) is 17.5. The normalized spacial score (nSPS) is 24.6. The minimum absolute atomic E-state index is 0.00169. The number of aromatic nitrogens is 1. The molecule has 4 heterocycles. The Labute approximate surface area is 607 Å². The topological polar surface area (TPSA) is 301 Å². The third-order valence-corrected chi connectivity index (χ3v) is 22.4. The monoisotopic (exact) mass is 1420 g/mol. The molecule has 550 valence electrons. The van der Waals surface area contributed by atoms with E-state index in [1.165, 1.54) is 90.8 Å². The van der Waals surface area contributed by atoms with Crippen LogP contribution in [0, 0.1) is 64.2 Å². The number of fused-ring (bicyclic) bond motifs is 14. The molecule has 0 unspecified atom stereocenters. The van der Waals surface area contributed by atoms with Crippen molar-refractivity contribution in [1.29, 1.82) is 0 Å². The maximum absolute atomic E-state index is 12.2. The minimum atomic E-state index is -1.59. The molecular weight excluding hydrogens is 1310 g/mol. The van der Waals surface area contributed by atoms with Crippen molar-refractivity contribution in [2.45, 2.75) is 197 Å². The molecule has 9 aromatic rings. The van der Waals surface area contributed by atoms with Crippen molar-refractivity contribution in [3.05, 3.63) is 205 Å². The number of Topliss-reactive ketones (excluding diaryl/α,β-unsaturated/α-hetero) is 1. The summed E-state index contributed by atoms with van der Waals surface area (Å²) in [5.74, 6) is -0.339. The predicted octanol–water partition coefficient (Wildman–Crippen LogP) is 18.4. The number of aliphatic hydroxyl groups is 3. The van der Waals surface area contributed by atoms with Crippen LogP contribution in [0.4, 0.5) is 0 Å². The van der Waals surface area contributed by atoms with Crippen LogP contribution in [0.1, 0.15) is 196 Å². The number of aliphatic hydroxyl groups excluding tert-OH is 2. The Bertz CT molecular complexity index is 4940. The summed E-state index contributed by atoms with van der Waals surface area (Å²) in [6, 6.07) is 25.6. The molecule has 0 amide bonds. The van der Waals surface area contributed by atoms with Crippen LogP contribution in [-0.2, 0) is 16.6 Å². The van der Waals surface area contributed by atoms with Crippen LogP contribution >= 0.6 is 0 Å². The van der Waals surface area contributed by atoms with Crippen molar-refractivity contribution < 1.29 is 74.5 Å². The van der Waals surface area contributed by atoms with E-state index >= 15 is 0 Å². The highest BCUT2D eigenvalue weighted by Crippen LogP contribution is 2.70. The molecule has 7 aromatic carbocycles. The summed E-state index contributed by atoms with van der Waals surface area (Å²) >= 11 is 0. The van der Waals surface area contributed by atoms with Crippen molar-refractivity contribution in [3.8, 4) is 40.2 Å². The first-order chi connectivity index (χ1) is 49.0. The molecule has 11 N–H and O–H groups in total. The number of aromatic hydroxyl groups is 6. The summed E-state index contributed by atoms with van der Waals surface area (Å²) < 4.78 is 16.8. The second kappa shape index (κ2) is 30.5. The van der Waals surface area contributed by atoms with Crippen molar-refractivity contribution in [2.75, 3.05) is 0 Å². The first-order valence-electron chi connectivity index (χ1n) is 36.0. The van der Waals surface area contributed by atoms with Gasteiger partial charge in [0.2, 0.25) is 5.79 Å². The van der Waals surface area contributed by atoms with Crippen LogP contribution in [-0.4, -0.2) is 91.9 Å². The van der Waals surface area contributed by atoms with Gasteiger partial charge in [-0.2, -0.15) is 0 Å². The van der Waals surface area contributed by atoms with Gasteiger partial charge in [0.1, 0.15) is 62.9 Å². The van der Waals surface area contributed by atoms with Gasteiger partial charge in [0.05, 0.1) is 35.7 Å². The zero-order chi connectivity index (χ0) is 75.8. The lowest BCUT2D eigenvalue weighted by atomic mass is 9.40. The number of phenols is 6. The third-order valence-electron chi connectivity index (χ3n) is 22.4. The molecule has 0 bridgehead atoms. The van der Waals surface area contributed by atoms with E-state index in [0.29, 0.717) is 66.6 Å². The van der Waals surface area contributed by atoms with Gasteiger partial charge in [-0.05, 0) is 237 Å². The Hall–Kier alpha value is -9.81. The van der Waals surface area contributed by atoms with Gasteiger partial charge in [-0.15, -0.1) is 0 Å². The molecule has 2 aromatic heterocycles. The standard InChI is InChI=1S/C28H39NO.C20H26O3.C15H14O5.C15H12O4.C9H10O3/c1-18(2)9-8-15-26(3)23-13-12-19-17-21-20-10-6-7-11-22(20)29-25(21)28(19,5)27(23,4)16-14-24(26)30;1-14-12-19(22)13-17-9-5-4-6-10-18(21)11-7-8-15(2)23-16(3)20(14)17;1-7-3-8(16)4-9-13(7)10(17)5-12-14(9)11(18)6-15(2,19)20-12;1-7-3-9(16)5-10-14(7)12(18)6-13-15(10)11(17)4-8(2)19-13;1-5-3-6(2)8(9(11)12)7(10)4-5/h6-7,9-11,19,23-24,29-30H,8,12-17H2,1-5H3;5,7,9,11-13,15,18,21-22H,3-4,6,8,10H2,1-2H3;3-5,16-17,19H,6H2,1-2H3;3-6,16,18H,1-2H3;3-4,10H,1-2H3,(H,11,12)/b;9-5+,11-7+;;;/t19-,23-,24-,26-,27-,28+;15-,18+;15-;;/m001../s1. The number of ether oxygens (including phenoxy) is 2. The van der Waals surface area contributed by atoms with E-state index in [1.807, 2.05) is 32.1 Å². The predicted molar refractivity (Wildman–Crippen MR) is 410 cm³/mol. The highest BCUT2D eigenvalue weighted by molar-refractivity contribution is 6.14. The summed E-state index contributed by atoms with van der Waals surface area (Å²) in [6.45, 7) is 30.0. The number of carboxylic acids is 1. The molecule has 9 atom stereocenters. The second-order valence-corrected chi connectivity index (χ2v) is 30.5. The Morgan fingerprint density at radius 1 is 0.712 bits per heavy atom. The van der Waals surface area contributed by atoms with Crippen molar-refractivity contribution >= 4 is 67.0 Å². The van der Waals surface area contributed by atoms with Crippen LogP contribution < -0.4 is 10.2 Å². The number of H-pyrrole nitrogens is 1. The summed E-state index contributed by atoms with van der Waals surface area (Å²) in [5.41, 5.74) is 12.2. The zero-order valence-electron chi connectivity index (χ0n) is 62.0. The molecule has 2 saturated carbocycles. The van der Waals surface area contributed by atoms with Crippen LogP contribution in [0.25, 0.3) is 55.3 Å². The lowest BCUT2D eigenvalue weighted by molar-refractivity contribution is -0.166. The molecule has 0 saturated heterocycles. The molecule has 17 heteroatoms. The average molecular weight is 1420 g/mol. The maximum Gasteiger partial charge on any atom is 0.339 e. The Morgan fingerprint density at radius 3 is 2.05 bits per heavy atom. The number of allylic oxidation sites excluding steroid dienone is 3. The highest BCUT2D eigenvalue weighted by Gasteiger charge is 2.66. The zero-order valence-corrected chi connectivity index (χ0v) is 62.0. The SMILES string of the molecule is C=C1O[C@@H](C)C/C=C/[C@H](O)CCC/C=C/c2cc(O)cc(C)c21.CC(C)=CCC[C@]1(C)[C@@H](O)CC[C@@]2(C)[C@H]1CC[C@H]1Cc3c([nH]c4ccccc34)[C@@]12C.Cc1cc(=O)c2c(cc(O)c3c(C)cc(O)cc32)o1.Cc1cc(C)c(C(=O)O)c(O)c1.Cc1cc(O)cc2c3c(cc(O)c12)O[C@@](C)(O)CC3=O. The number of phenolic OH excluding ortho intramolecular Hbond substituents is 5. The molecular formula is C87H101NO16. The number of hydrogen-bond acceptors (Lipinski definition) is 15. The van der Waals surface area contributed by atoms with Gasteiger partial charge in [-0.25, -0.2) is 4.79 Å². The number of benzene rings is 7. The lowest BCUT2D eigenvalue weighted by Gasteiger charge is -2.65. The number of carbonyl (C=O) groups excluding carboxylic acids is 1. The lowest BCUT2D eigenvalue weighted by Crippen LogP contribution is -2.62. The van der Waals surface area contributed by atoms with E-state index in [0.717, 1.165) is 79.5 Å². The number of aromatic amines is 1. The van der Waals surface area contributed by atoms with Crippen LogP contribution in [0.3, 0.4) is 0 Å². The number of aryl methyl sites for hydroxylation is 6. The summed E-state index contributed by atoms with van der Waals surface area (Å²) in [7, 11) is 0. The number of para-hydroxylation sites is 1. The smallest absolute Gasteiger partial charge is 0.339 e. The number of carboxylic acid groups (broad SMARTS) is 1. The number of rotatable bonds is 4. The quantitative estimate of drug-likeness (QED) is 0.0576. The average Bonchev–Trinajstić information content (AvgIpc) is 1.48. The van der Waals surface area contributed by atoms with Crippen LogP contribution in [0.2, 0.25) is 0 Å². The molecule has 14 rings (SSSR count). The molecule has 2 fully saturated rings. The van der Waals surface area contributed by atoms with Crippen LogP contribution in [0.5, 0.6) is 40.2 Å². The number of carbonyl (C=O) groups is 2. The molecule has 2 aliphatic heterocycles. The van der Waals surface area contributed by atoms with E-state index < -0.39 is 17.9 Å². The highest BCUT2D eigenvalue weighted by atomic mass is 16.6. The number of nitrogens with one attached hydrogen (secondary N) is 1. The number of hydrogen-bond donors (Lipinski definition) is 11. The summed E-state index contributed by atoms with van der Waals surface area (Å²) in [5, 5.41) is 102. The minimum Gasteiger partial charge on any atom is -0.508 e. The first kappa shape index (κ1) is 76.8.